The number of benzene rings is 2. The first-order chi connectivity index (χ1) is 12.0. The summed E-state index contributed by atoms with van der Waals surface area (Å²) < 4.78 is 10.3. The predicted octanol–water partition coefficient (Wildman–Crippen LogP) is 3.95. The molecule has 0 fully saturated rings. The number of nitrogens with zero attached hydrogens (tertiary/aromatic N) is 1. The molecule has 0 unspecified atom stereocenters. The van der Waals surface area contributed by atoms with Gasteiger partial charge in [-0.25, -0.2) is 4.79 Å². The standard InChI is InChI=1S/C19H20ClNO4/c1-14(22)21(17-8-6-16(20)7-9-17)12-3-13-25-18-10-4-15(5-11-18)19(23)24-2/h4-11H,3,12-13H2,1-2H3. The van der Waals surface area contributed by atoms with E-state index in [0.717, 1.165) is 5.69 Å². The Morgan fingerprint density at radius 3 is 2.24 bits per heavy atom. The van der Waals surface area contributed by atoms with E-state index in [4.69, 9.17) is 16.3 Å². The van der Waals surface area contributed by atoms with Gasteiger partial charge in [0, 0.05) is 24.2 Å². The summed E-state index contributed by atoms with van der Waals surface area (Å²) >= 11 is 5.88. The number of esters is 1. The van der Waals surface area contributed by atoms with Crippen molar-refractivity contribution in [2.45, 2.75) is 13.3 Å². The number of methoxy groups -OCH3 is 1. The van der Waals surface area contributed by atoms with Crippen molar-refractivity contribution >= 4 is 29.2 Å². The maximum absolute atomic E-state index is 11.8. The number of hydrogen-bond donors (Lipinski definition) is 0. The van der Waals surface area contributed by atoms with Crippen LogP contribution in [0.25, 0.3) is 0 Å². The quantitative estimate of drug-likeness (QED) is 0.553. The normalized spacial score (nSPS) is 10.2. The Labute approximate surface area is 152 Å². The van der Waals surface area contributed by atoms with Gasteiger partial charge in [-0.3, -0.25) is 4.79 Å². The lowest BCUT2D eigenvalue weighted by Gasteiger charge is -2.21. The van der Waals surface area contributed by atoms with Gasteiger partial charge in [-0.2, -0.15) is 0 Å². The largest absolute Gasteiger partial charge is 0.494 e. The molecule has 5 nitrogen and oxygen atoms in total. The zero-order chi connectivity index (χ0) is 18.2. The molecular weight excluding hydrogens is 342 g/mol. The van der Waals surface area contributed by atoms with Crippen LogP contribution in [0.2, 0.25) is 5.02 Å². The molecule has 25 heavy (non-hydrogen) atoms. The fraction of sp³-hybridized carbons (Fsp3) is 0.263. The molecule has 0 radical (unpaired) electrons. The van der Waals surface area contributed by atoms with E-state index in [1.807, 2.05) is 12.1 Å². The average Bonchev–Trinajstić information content (AvgIpc) is 2.62. The van der Waals surface area contributed by atoms with E-state index in [-0.39, 0.29) is 11.9 Å². The maximum Gasteiger partial charge on any atom is 0.337 e. The highest BCUT2D eigenvalue weighted by Crippen LogP contribution is 2.19. The molecule has 0 aliphatic rings. The molecule has 0 aliphatic heterocycles. The van der Waals surface area contributed by atoms with Gasteiger partial charge in [-0.15, -0.1) is 0 Å². The van der Waals surface area contributed by atoms with Gasteiger partial charge in [-0.05, 0) is 55.0 Å². The first-order valence-corrected chi connectivity index (χ1v) is 8.24. The summed E-state index contributed by atoms with van der Waals surface area (Å²) in [6, 6.07) is 13.9. The number of hydrogen-bond acceptors (Lipinski definition) is 4. The van der Waals surface area contributed by atoms with Crippen LogP contribution >= 0.6 is 11.6 Å². The molecule has 6 heteroatoms. The van der Waals surface area contributed by atoms with Crippen molar-refractivity contribution in [2.75, 3.05) is 25.2 Å². The molecule has 2 rings (SSSR count). The lowest BCUT2D eigenvalue weighted by Crippen LogP contribution is -2.30. The lowest BCUT2D eigenvalue weighted by molar-refractivity contribution is -0.116. The van der Waals surface area contributed by atoms with Crippen molar-refractivity contribution in [3.63, 3.8) is 0 Å². The van der Waals surface area contributed by atoms with Gasteiger partial charge in [0.25, 0.3) is 0 Å². The third-order valence-corrected chi connectivity index (χ3v) is 3.84. The van der Waals surface area contributed by atoms with Crippen molar-refractivity contribution < 1.29 is 19.1 Å². The van der Waals surface area contributed by atoms with Gasteiger partial charge in [0.05, 0.1) is 19.3 Å². The van der Waals surface area contributed by atoms with Gasteiger partial charge in [-0.1, -0.05) is 11.6 Å². The molecule has 2 aromatic carbocycles. The molecule has 0 bridgehead atoms. The minimum Gasteiger partial charge on any atom is -0.494 e. The second-order valence-electron chi connectivity index (χ2n) is 5.37. The van der Waals surface area contributed by atoms with Crippen LogP contribution in [0.1, 0.15) is 23.7 Å². The highest BCUT2D eigenvalue weighted by molar-refractivity contribution is 6.30. The van der Waals surface area contributed by atoms with Crippen molar-refractivity contribution in [1.82, 2.24) is 0 Å². The Bertz CT molecular complexity index is 713. The van der Waals surface area contributed by atoms with E-state index in [2.05, 4.69) is 4.74 Å². The van der Waals surface area contributed by atoms with Crippen LogP contribution in [0, 0.1) is 0 Å². The Kier molecular flexibility index (Phi) is 6.83. The topological polar surface area (TPSA) is 55.8 Å². The molecule has 2 aromatic rings. The van der Waals surface area contributed by atoms with Gasteiger partial charge in [0.15, 0.2) is 0 Å². The summed E-state index contributed by atoms with van der Waals surface area (Å²) in [5.74, 6) is 0.241. The Hall–Kier alpha value is -2.53. The summed E-state index contributed by atoms with van der Waals surface area (Å²) in [5.41, 5.74) is 1.28. The summed E-state index contributed by atoms with van der Waals surface area (Å²) in [7, 11) is 1.34. The van der Waals surface area contributed by atoms with Crippen LogP contribution < -0.4 is 9.64 Å². The molecule has 0 saturated carbocycles. The highest BCUT2D eigenvalue weighted by Gasteiger charge is 2.11. The Morgan fingerprint density at radius 2 is 1.68 bits per heavy atom. The van der Waals surface area contributed by atoms with E-state index < -0.39 is 0 Å². The first kappa shape index (κ1) is 18.8. The number of rotatable bonds is 7. The van der Waals surface area contributed by atoms with Gasteiger partial charge < -0.3 is 14.4 Å². The fourth-order valence-electron chi connectivity index (χ4n) is 2.31. The van der Waals surface area contributed by atoms with Crippen LogP contribution in [0.4, 0.5) is 5.69 Å². The summed E-state index contributed by atoms with van der Waals surface area (Å²) in [6.07, 6.45) is 0.668. The number of carbonyl (C=O) groups excluding carboxylic acids is 2. The zero-order valence-electron chi connectivity index (χ0n) is 14.2. The molecule has 0 aromatic heterocycles. The smallest absolute Gasteiger partial charge is 0.337 e. The fourth-order valence-corrected chi connectivity index (χ4v) is 2.43. The molecule has 0 heterocycles. The monoisotopic (exact) mass is 361 g/mol. The summed E-state index contributed by atoms with van der Waals surface area (Å²) in [4.78, 5) is 24.9. The number of anilines is 1. The van der Waals surface area contributed by atoms with Crippen molar-refractivity contribution in [2.24, 2.45) is 0 Å². The molecule has 0 atom stereocenters. The molecule has 0 aliphatic carbocycles. The van der Waals surface area contributed by atoms with Gasteiger partial charge in [0.2, 0.25) is 5.91 Å². The average molecular weight is 362 g/mol. The third kappa shape index (κ3) is 5.50. The second kappa shape index (κ2) is 9.08. The van der Waals surface area contributed by atoms with Gasteiger partial charge in [0.1, 0.15) is 5.75 Å². The molecule has 132 valence electrons. The molecular formula is C19H20ClNO4. The lowest BCUT2D eigenvalue weighted by atomic mass is 10.2. The number of carbonyl (C=O) groups is 2. The van der Waals surface area contributed by atoms with E-state index in [1.54, 1.807) is 41.3 Å². The Balaban J connectivity index is 1.85. The molecule has 0 spiro atoms. The molecule has 0 N–H and O–H groups in total. The first-order valence-electron chi connectivity index (χ1n) is 7.86. The number of halogens is 1. The van der Waals surface area contributed by atoms with Crippen molar-refractivity contribution in [1.29, 1.82) is 0 Å². The number of amides is 1. The zero-order valence-corrected chi connectivity index (χ0v) is 15.0. The van der Waals surface area contributed by atoms with Crippen LogP contribution in [0.3, 0.4) is 0 Å². The summed E-state index contributed by atoms with van der Waals surface area (Å²) in [6.45, 7) is 2.52. The van der Waals surface area contributed by atoms with E-state index in [1.165, 1.54) is 14.0 Å². The highest BCUT2D eigenvalue weighted by atomic mass is 35.5. The molecule has 0 saturated heterocycles. The van der Waals surface area contributed by atoms with E-state index >= 15 is 0 Å². The van der Waals surface area contributed by atoms with E-state index in [9.17, 15) is 9.59 Å². The van der Waals surface area contributed by atoms with Crippen LogP contribution in [0.5, 0.6) is 5.75 Å². The van der Waals surface area contributed by atoms with Gasteiger partial charge >= 0.3 is 5.97 Å². The minimum atomic E-state index is -0.383. The minimum absolute atomic E-state index is 0.0373. The van der Waals surface area contributed by atoms with Crippen molar-refractivity contribution in [3.8, 4) is 5.75 Å². The SMILES string of the molecule is COC(=O)c1ccc(OCCCN(C(C)=O)c2ccc(Cl)cc2)cc1. The van der Waals surface area contributed by atoms with Crippen LogP contribution in [-0.2, 0) is 9.53 Å². The second-order valence-corrected chi connectivity index (χ2v) is 5.80. The molecule has 1 amide bonds. The summed E-state index contributed by atoms with van der Waals surface area (Å²) in [5, 5.41) is 0.631. The Morgan fingerprint density at radius 1 is 1.04 bits per heavy atom. The van der Waals surface area contributed by atoms with Crippen LogP contribution in [0.15, 0.2) is 48.5 Å². The van der Waals surface area contributed by atoms with E-state index in [0.29, 0.717) is 35.9 Å². The number of ether oxygens (including phenoxy) is 2. The maximum atomic E-state index is 11.8. The predicted molar refractivity (Wildman–Crippen MR) is 97.4 cm³/mol. The van der Waals surface area contributed by atoms with Crippen LogP contribution in [-0.4, -0.2) is 32.1 Å². The third-order valence-electron chi connectivity index (χ3n) is 3.59. The van der Waals surface area contributed by atoms with Crippen molar-refractivity contribution in [3.05, 3.63) is 59.1 Å².